The van der Waals surface area contributed by atoms with Crippen molar-refractivity contribution < 1.29 is 0 Å². The zero-order chi connectivity index (χ0) is 13.2. The van der Waals surface area contributed by atoms with E-state index in [9.17, 15) is 0 Å². The average molecular weight is 286 g/mol. The Bertz CT molecular complexity index is 386. The Morgan fingerprint density at radius 3 is 2.78 bits per heavy atom. The van der Waals surface area contributed by atoms with Gasteiger partial charge in [0, 0.05) is 10.9 Å². The van der Waals surface area contributed by atoms with Gasteiger partial charge >= 0.3 is 0 Å². The van der Waals surface area contributed by atoms with Crippen LogP contribution in [0.5, 0.6) is 0 Å². The molecular formula is C15H24ClNS. The Labute approximate surface area is 120 Å². The van der Waals surface area contributed by atoms with Crippen LogP contribution in [0, 0.1) is 11.3 Å². The summed E-state index contributed by atoms with van der Waals surface area (Å²) in [6.07, 6.45) is 5.23. The molecule has 0 aromatic carbocycles. The topological polar surface area (TPSA) is 12.0 Å². The minimum Gasteiger partial charge on any atom is -0.309 e. The fourth-order valence-electron chi connectivity index (χ4n) is 3.21. The van der Waals surface area contributed by atoms with Crippen LogP contribution in [0.25, 0.3) is 0 Å². The first-order valence-electron chi connectivity index (χ1n) is 7.03. The molecule has 2 unspecified atom stereocenters. The molecule has 1 nitrogen and oxygen atoms in total. The van der Waals surface area contributed by atoms with Crippen LogP contribution in [-0.2, 0) is 0 Å². The number of hydrogen-bond donors (Lipinski definition) is 1. The van der Waals surface area contributed by atoms with Gasteiger partial charge in [0.15, 0.2) is 0 Å². The lowest BCUT2D eigenvalue weighted by molar-refractivity contribution is 0.200. The molecule has 1 aliphatic carbocycles. The maximum Gasteiger partial charge on any atom is 0.0931 e. The predicted molar refractivity (Wildman–Crippen MR) is 81.5 cm³/mol. The Morgan fingerprint density at radius 1 is 1.50 bits per heavy atom. The van der Waals surface area contributed by atoms with Crippen LogP contribution in [0.1, 0.15) is 57.4 Å². The van der Waals surface area contributed by atoms with Crippen molar-refractivity contribution in [3.63, 3.8) is 0 Å². The molecule has 1 aromatic rings. The summed E-state index contributed by atoms with van der Waals surface area (Å²) in [4.78, 5) is 1.41. The number of nitrogens with one attached hydrogen (secondary N) is 1. The van der Waals surface area contributed by atoms with Gasteiger partial charge < -0.3 is 5.32 Å². The van der Waals surface area contributed by atoms with Crippen LogP contribution in [-0.4, -0.2) is 6.54 Å². The maximum absolute atomic E-state index is 6.11. The molecule has 0 bridgehead atoms. The minimum absolute atomic E-state index is 0.446. The Hall–Kier alpha value is -0.0500. The molecule has 102 valence electrons. The molecule has 1 aliphatic rings. The fraction of sp³-hybridized carbons (Fsp3) is 0.733. The summed E-state index contributed by atoms with van der Waals surface area (Å²) in [6.45, 7) is 8.15. The van der Waals surface area contributed by atoms with Crippen molar-refractivity contribution in [3.05, 3.63) is 21.3 Å². The summed E-state index contributed by atoms with van der Waals surface area (Å²) in [5.41, 5.74) is 0.446. The summed E-state index contributed by atoms with van der Waals surface area (Å²) < 4.78 is 0.907. The molecule has 18 heavy (non-hydrogen) atoms. The molecule has 3 heteroatoms. The van der Waals surface area contributed by atoms with E-state index < -0.39 is 0 Å². The van der Waals surface area contributed by atoms with Gasteiger partial charge in [-0.1, -0.05) is 38.8 Å². The quantitative estimate of drug-likeness (QED) is 0.777. The fourth-order valence-corrected chi connectivity index (χ4v) is 4.41. The molecule has 1 heterocycles. The van der Waals surface area contributed by atoms with Crippen molar-refractivity contribution in [1.29, 1.82) is 0 Å². The van der Waals surface area contributed by atoms with Crippen LogP contribution in [0.3, 0.4) is 0 Å². The van der Waals surface area contributed by atoms with Gasteiger partial charge in [-0.25, -0.2) is 0 Å². The molecule has 0 saturated heterocycles. The molecule has 2 atom stereocenters. The smallest absolute Gasteiger partial charge is 0.0931 e. The summed E-state index contributed by atoms with van der Waals surface area (Å²) >= 11 is 7.84. The molecule has 1 fully saturated rings. The lowest BCUT2D eigenvalue weighted by atomic mass is 9.77. The third kappa shape index (κ3) is 3.09. The first-order chi connectivity index (χ1) is 8.54. The molecule has 1 N–H and O–H groups in total. The first kappa shape index (κ1) is 14.4. The van der Waals surface area contributed by atoms with Gasteiger partial charge in [0.2, 0.25) is 0 Å². The molecule has 0 spiro atoms. The molecule has 0 aliphatic heterocycles. The van der Waals surface area contributed by atoms with E-state index in [2.05, 4.69) is 32.2 Å². The van der Waals surface area contributed by atoms with Gasteiger partial charge in [-0.3, -0.25) is 0 Å². The largest absolute Gasteiger partial charge is 0.309 e. The van der Waals surface area contributed by atoms with Crippen LogP contribution < -0.4 is 5.32 Å². The zero-order valence-electron chi connectivity index (χ0n) is 11.6. The molecule has 1 saturated carbocycles. The second kappa shape index (κ2) is 5.94. The van der Waals surface area contributed by atoms with E-state index in [0.29, 0.717) is 11.5 Å². The molecule has 1 aromatic heterocycles. The van der Waals surface area contributed by atoms with Gasteiger partial charge in [0.05, 0.1) is 4.34 Å². The van der Waals surface area contributed by atoms with Crippen molar-refractivity contribution in [3.8, 4) is 0 Å². The number of halogens is 1. The van der Waals surface area contributed by atoms with E-state index in [1.54, 1.807) is 11.3 Å². The highest BCUT2D eigenvalue weighted by molar-refractivity contribution is 7.16. The van der Waals surface area contributed by atoms with E-state index in [1.165, 1.54) is 30.6 Å². The van der Waals surface area contributed by atoms with Crippen molar-refractivity contribution in [2.24, 2.45) is 11.3 Å². The number of thiophene rings is 1. The SMILES string of the molecule is CCCNC(c1ccc(Cl)s1)C1CCCC1(C)C. The number of hydrogen-bond acceptors (Lipinski definition) is 2. The van der Waals surface area contributed by atoms with Crippen molar-refractivity contribution in [1.82, 2.24) is 5.32 Å². The monoisotopic (exact) mass is 285 g/mol. The van der Waals surface area contributed by atoms with E-state index in [4.69, 9.17) is 11.6 Å². The van der Waals surface area contributed by atoms with Crippen LogP contribution in [0.4, 0.5) is 0 Å². The summed E-state index contributed by atoms with van der Waals surface area (Å²) in [7, 11) is 0. The highest BCUT2D eigenvalue weighted by Crippen LogP contribution is 2.49. The van der Waals surface area contributed by atoms with Gasteiger partial charge in [-0.05, 0) is 49.3 Å². The maximum atomic E-state index is 6.11. The number of rotatable bonds is 5. The van der Waals surface area contributed by atoms with Crippen molar-refractivity contribution >= 4 is 22.9 Å². The Morgan fingerprint density at radius 2 is 2.28 bits per heavy atom. The van der Waals surface area contributed by atoms with E-state index in [-0.39, 0.29) is 0 Å². The second-order valence-electron chi connectivity index (χ2n) is 6.06. The first-order valence-corrected chi connectivity index (χ1v) is 8.22. The van der Waals surface area contributed by atoms with Crippen molar-refractivity contribution in [2.75, 3.05) is 6.54 Å². The average Bonchev–Trinajstić information content (AvgIpc) is 2.87. The lowest BCUT2D eigenvalue weighted by Gasteiger charge is -2.34. The standard InChI is InChI=1S/C15H24ClNS/c1-4-10-17-14(12-7-8-13(16)18-12)11-6-5-9-15(11,2)3/h7-8,11,14,17H,4-6,9-10H2,1-3H3. The lowest BCUT2D eigenvalue weighted by Crippen LogP contribution is -2.33. The van der Waals surface area contributed by atoms with E-state index in [1.807, 2.05) is 6.07 Å². The normalized spacial score (nSPS) is 24.3. The molecular weight excluding hydrogens is 262 g/mol. The molecule has 0 radical (unpaired) electrons. The van der Waals surface area contributed by atoms with Crippen LogP contribution in [0.2, 0.25) is 4.34 Å². The Kier molecular flexibility index (Phi) is 4.74. The second-order valence-corrected chi connectivity index (χ2v) is 7.81. The van der Waals surface area contributed by atoms with Gasteiger partial charge in [0.25, 0.3) is 0 Å². The Balaban J connectivity index is 2.19. The minimum atomic E-state index is 0.446. The van der Waals surface area contributed by atoms with E-state index >= 15 is 0 Å². The molecule has 0 amide bonds. The highest BCUT2D eigenvalue weighted by atomic mass is 35.5. The third-order valence-electron chi connectivity index (χ3n) is 4.26. The predicted octanol–water partition coefficient (Wildman–Crippen LogP) is 5.27. The summed E-state index contributed by atoms with van der Waals surface area (Å²) in [6, 6.07) is 4.72. The van der Waals surface area contributed by atoms with Gasteiger partial charge in [-0.2, -0.15) is 0 Å². The van der Waals surface area contributed by atoms with Crippen molar-refractivity contribution in [2.45, 2.75) is 52.5 Å². The summed E-state index contributed by atoms with van der Waals surface area (Å²) in [5, 5.41) is 3.75. The van der Waals surface area contributed by atoms with Gasteiger partial charge in [-0.15, -0.1) is 11.3 Å². The van der Waals surface area contributed by atoms with E-state index in [0.717, 1.165) is 16.8 Å². The highest BCUT2D eigenvalue weighted by Gasteiger charge is 2.40. The van der Waals surface area contributed by atoms with Gasteiger partial charge in [0.1, 0.15) is 0 Å². The third-order valence-corrected chi connectivity index (χ3v) is 5.57. The molecule has 2 rings (SSSR count). The van der Waals surface area contributed by atoms with Crippen LogP contribution >= 0.6 is 22.9 Å². The zero-order valence-corrected chi connectivity index (χ0v) is 13.2. The van der Waals surface area contributed by atoms with Crippen LogP contribution in [0.15, 0.2) is 12.1 Å². The summed E-state index contributed by atoms with van der Waals surface area (Å²) in [5.74, 6) is 0.735.